The van der Waals surface area contributed by atoms with Gasteiger partial charge in [0.1, 0.15) is 11.5 Å². The molecule has 0 saturated carbocycles. The Balaban J connectivity index is 2.35. The lowest BCUT2D eigenvalue weighted by atomic mass is 9.33. The van der Waals surface area contributed by atoms with E-state index in [4.69, 9.17) is 14.1 Å². The smallest absolute Gasteiger partial charge is 0.336 e. The SMILES string of the molecule is COc1cc(OC)cc(B2OC(C)(C)C2(C)C)c1. The Hall–Kier alpha value is -1.16. The highest BCUT2D eigenvalue weighted by Crippen LogP contribution is 2.53. The van der Waals surface area contributed by atoms with Crippen LogP contribution in [0.4, 0.5) is 0 Å². The molecule has 98 valence electrons. The minimum Gasteiger partial charge on any atom is -0.497 e. The van der Waals surface area contributed by atoms with Gasteiger partial charge in [-0.05, 0) is 31.4 Å². The maximum atomic E-state index is 6.02. The second kappa shape index (κ2) is 4.20. The van der Waals surface area contributed by atoms with Crippen LogP contribution in [-0.4, -0.2) is 26.7 Å². The molecule has 1 aromatic carbocycles. The minimum absolute atomic E-state index is 0.0801. The molecule has 0 aliphatic carbocycles. The number of hydrogen-bond donors (Lipinski definition) is 0. The van der Waals surface area contributed by atoms with Crippen LogP contribution in [0, 0.1) is 0 Å². The second-order valence-electron chi connectivity index (χ2n) is 5.88. The largest absolute Gasteiger partial charge is 0.497 e. The lowest BCUT2D eigenvalue weighted by Crippen LogP contribution is -2.66. The molecule has 1 fully saturated rings. The fourth-order valence-electron chi connectivity index (χ4n) is 2.32. The molecule has 18 heavy (non-hydrogen) atoms. The highest BCUT2D eigenvalue weighted by atomic mass is 16.5. The standard InChI is InChI=1S/C14H21BO3/c1-13(2)14(3,4)18-15(13)10-7-11(16-5)9-12(8-10)17-6/h7-9H,1-6H3. The zero-order valence-corrected chi connectivity index (χ0v) is 12.0. The van der Waals surface area contributed by atoms with E-state index >= 15 is 0 Å². The van der Waals surface area contributed by atoms with Crippen molar-refractivity contribution in [3.05, 3.63) is 18.2 Å². The van der Waals surface area contributed by atoms with Crippen molar-refractivity contribution in [1.82, 2.24) is 0 Å². The first-order chi connectivity index (χ1) is 8.31. The average molecular weight is 248 g/mol. The second-order valence-corrected chi connectivity index (χ2v) is 5.88. The van der Waals surface area contributed by atoms with Crippen LogP contribution < -0.4 is 14.9 Å². The zero-order chi connectivity index (χ0) is 13.6. The van der Waals surface area contributed by atoms with E-state index in [0.717, 1.165) is 17.0 Å². The van der Waals surface area contributed by atoms with Crippen molar-refractivity contribution >= 4 is 12.4 Å². The molecule has 1 aliphatic rings. The molecule has 0 spiro atoms. The molecule has 0 atom stereocenters. The summed E-state index contributed by atoms with van der Waals surface area (Å²) in [6.07, 6.45) is 0. The first-order valence-corrected chi connectivity index (χ1v) is 6.22. The van der Waals surface area contributed by atoms with Gasteiger partial charge in [0, 0.05) is 17.0 Å². The number of hydrogen-bond acceptors (Lipinski definition) is 3. The molecule has 1 aliphatic heterocycles. The van der Waals surface area contributed by atoms with E-state index in [-0.39, 0.29) is 17.8 Å². The van der Waals surface area contributed by atoms with Crippen molar-refractivity contribution < 1.29 is 14.1 Å². The Kier molecular flexibility index (Phi) is 3.10. The summed E-state index contributed by atoms with van der Waals surface area (Å²) in [5.41, 5.74) is 1.00. The predicted octanol–water partition coefficient (Wildman–Crippen LogP) is 2.49. The summed E-state index contributed by atoms with van der Waals surface area (Å²) in [6, 6.07) is 5.91. The summed E-state index contributed by atoms with van der Waals surface area (Å²) in [4.78, 5) is 0. The molecule has 0 unspecified atom stereocenters. The summed E-state index contributed by atoms with van der Waals surface area (Å²) in [7, 11) is 3.32. The Labute approximate surface area is 110 Å². The van der Waals surface area contributed by atoms with E-state index < -0.39 is 0 Å². The lowest BCUT2D eigenvalue weighted by Gasteiger charge is -2.57. The van der Waals surface area contributed by atoms with Gasteiger partial charge in [-0.2, -0.15) is 0 Å². The van der Waals surface area contributed by atoms with Crippen LogP contribution in [0.5, 0.6) is 11.5 Å². The molecule has 2 rings (SSSR count). The summed E-state index contributed by atoms with van der Waals surface area (Å²) < 4.78 is 16.6. The molecule has 1 heterocycles. The van der Waals surface area contributed by atoms with Crippen molar-refractivity contribution in [2.24, 2.45) is 0 Å². The van der Waals surface area contributed by atoms with Crippen molar-refractivity contribution in [3.63, 3.8) is 0 Å². The van der Waals surface area contributed by atoms with Gasteiger partial charge in [0.15, 0.2) is 0 Å². The van der Waals surface area contributed by atoms with Crippen LogP contribution in [-0.2, 0) is 4.65 Å². The fraction of sp³-hybridized carbons (Fsp3) is 0.571. The van der Waals surface area contributed by atoms with Gasteiger partial charge in [0.05, 0.1) is 14.2 Å². The van der Waals surface area contributed by atoms with E-state index in [1.54, 1.807) is 14.2 Å². The average Bonchev–Trinajstić information content (AvgIpc) is 2.35. The highest BCUT2D eigenvalue weighted by Gasteiger charge is 2.59. The van der Waals surface area contributed by atoms with Gasteiger partial charge in [0.2, 0.25) is 0 Å². The first-order valence-electron chi connectivity index (χ1n) is 6.22. The minimum atomic E-state index is -0.103. The maximum Gasteiger partial charge on any atom is 0.336 e. The van der Waals surface area contributed by atoms with Crippen molar-refractivity contribution in [3.8, 4) is 11.5 Å². The van der Waals surface area contributed by atoms with E-state index in [9.17, 15) is 0 Å². The Morgan fingerprint density at radius 2 is 1.44 bits per heavy atom. The highest BCUT2D eigenvalue weighted by molar-refractivity contribution is 6.73. The monoisotopic (exact) mass is 248 g/mol. The molecule has 4 heteroatoms. The summed E-state index contributed by atoms with van der Waals surface area (Å²) >= 11 is 0. The van der Waals surface area contributed by atoms with Crippen molar-refractivity contribution in [2.45, 2.75) is 38.6 Å². The molecule has 0 aromatic heterocycles. The molecule has 1 aromatic rings. The Morgan fingerprint density at radius 1 is 0.944 bits per heavy atom. The molecule has 0 radical (unpaired) electrons. The summed E-state index contributed by atoms with van der Waals surface area (Å²) in [6.45, 7) is 8.79. The van der Waals surface area contributed by atoms with Crippen molar-refractivity contribution in [1.29, 1.82) is 0 Å². The van der Waals surface area contributed by atoms with Crippen molar-refractivity contribution in [2.75, 3.05) is 14.2 Å². The third-order valence-corrected chi connectivity index (χ3v) is 4.30. The number of benzene rings is 1. The van der Waals surface area contributed by atoms with Gasteiger partial charge in [-0.15, -0.1) is 0 Å². The lowest BCUT2D eigenvalue weighted by molar-refractivity contribution is -0.00942. The van der Waals surface area contributed by atoms with Crippen LogP contribution in [0.3, 0.4) is 0 Å². The van der Waals surface area contributed by atoms with Crippen LogP contribution >= 0.6 is 0 Å². The van der Waals surface area contributed by atoms with Gasteiger partial charge in [-0.25, -0.2) is 0 Å². The van der Waals surface area contributed by atoms with E-state index in [1.807, 2.05) is 18.2 Å². The van der Waals surface area contributed by atoms with Crippen LogP contribution in [0.15, 0.2) is 18.2 Å². The molecule has 3 nitrogen and oxygen atoms in total. The van der Waals surface area contributed by atoms with Gasteiger partial charge in [0.25, 0.3) is 0 Å². The van der Waals surface area contributed by atoms with Crippen LogP contribution in [0.1, 0.15) is 27.7 Å². The fourth-order valence-corrected chi connectivity index (χ4v) is 2.32. The van der Waals surface area contributed by atoms with Crippen LogP contribution in [0.2, 0.25) is 5.31 Å². The van der Waals surface area contributed by atoms with Gasteiger partial charge < -0.3 is 14.1 Å². The molecular formula is C14H21BO3. The molecule has 1 saturated heterocycles. The quantitative estimate of drug-likeness (QED) is 0.769. The predicted molar refractivity (Wildman–Crippen MR) is 74.1 cm³/mol. The van der Waals surface area contributed by atoms with E-state index in [2.05, 4.69) is 27.7 Å². The third kappa shape index (κ3) is 1.89. The van der Waals surface area contributed by atoms with Gasteiger partial charge in [-0.3, -0.25) is 0 Å². The topological polar surface area (TPSA) is 27.7 Å². The zero-order valence-electron chi connectivity index (χ0n) is 12.0. The number of methoxy groups -OCH3 is 2. The first kappa shape index (κ1) is 13.3. The normalized spacial score (nSPS) is 20.2. The van der Waals surface area contributed by atoms with Crippen LogP contribution in [0.25, 0.3) is 0 Å². The molecule has 0 N–H and O–H groups in total. The maximum absolute atomic E-state index is 6.02. The van der Waals surface area contributed by atoms with E-state index in [0.29, 0.717) is 0 Å². The summed E-state index contributed by atoms with van der Waals surface area (Å²) in [5, 5.41) is 0.0877. The third-order valence-electron chi connectivity index (χ3n) is 4.30. The van der Waals surface area contributed by atoms with Gasteiger partial charge >= 0.3 is 6.92 Å². The number of ether oxygens (including phenoxy) is 2. The molecular weight excluding hydrogens is 227 g/mol. The van der Waals surface area contributed by atoms with E-state index in [1.165, 1.54) is 0 Å². The molecule has 0 bridgehead atoms. The number of rotatable bonds is 3. The summed E-state index contributed by atoms with van der Waals surface area (Å²) in [5.74, 6) is 1.60. The Bertz CT molecular complexity index is 432. The Morgan fingerprint density at radius 3 is 1.78 bits per heavy atom. The van der Waals surface area contributed by atoms with Gasteiger partial charge in [-0.1, -0.05) is 13.8 Å². The molecule has 0 amide bonds.